The van der Waals surface area contributed by atoms with Gasteiger partial charge in [-0.3, -0.25) is 0 Å². The highest BCUT2D eigenvalue weighted by atomic mass is 19.1. The summed E-state index contributed by atoms with van der Waals surface area (Å²) in [6.45, 7) is 3.95. The Bertz CT molecular complexity index is 1340. The van der Waals surface area contributed by atoms with E-state index in [1.165, 1.54) is 12.1 Å². The summed E-state index contributed by atoms with van der Waals surface area (Å²) < 4.78 is 20.6. The van der Waals surface area contributed by atoms with E-state index in [2.05, 4.69) is 28.3 Å². The Morgan fingerprint density at radius 1 is 1.00 bits per heavy atom. The first-order valence-electron chi connectivity index (χ1n) is 9.53. The zero-order valence-corrected chi connectivity index (χ0v) is 16.1. The quantitative estimate of drug-likeness (QED) is 0.434. The summed E-state index contributed by atoms with van der Waals surface area (Å²) in [6.07, 6.45) is 1.83. The molecule has 5 rings (SSSR count). The summed E-state index contributed by atoms with van der Waals surface area (Å²) in [4.78, 5) is 0. The summed E-state index contributed by atoms with van der Waals surface area (Å²) in [5.41, 5.74) is 3.71. The smallest absolute Gasteiger partial charge is 0.191 e. The first-order chi connectivity index (χ1) is 14.2. The van der Waals surface area contributed by atoms with Gasteiger partial charge in [-0.05, 0) is 37.6 Å². The van der Waals surface area contributed by atoms with Gasteiger partial charge in [0.1, 0.15) is 17.3 Å². The van der Waals surface area contributed by atoms with Crippen molar-refractivity contribution in [2.24, 2.45) is 0 Å². The van der Waals surface area contributed by atoms with Crippen LogP contribution in [0.3, 0.4) is 0 Å². The Labute approximate surface area is 166 Å². The molecule has 0 atom stereocenters. The van der Waals surface area contributed by atoms with Crippen LogP contribution in [0.15, 0.2) is 53.1 Å². The van der Waals surface area contributed by atoms with Gasteiger partial charge < -0.3 is 4.52 Å². The second-order valence-electron chi connectivity index (χ2n) is 6.97. The minimum atomic E-state index is -0.305. The summed E-state index contributed by atoms with van der Waals surface area (Å²) >= 11 is 0. The fourth-order valence-electron chi connectivity index (χ4n) is 3.66. The SMILES string of the molecule is CCCc1nn2c(-c3c(-c4ccc(F)cc4)noc3C)nnc2c2ccccc12. The highest BCUT2D eigenvalue weighted by Gasteiger charge is 2.23. The number of rotatable bonds is 4. The highest BCUT2D eigenvalue weighted by Crippen LogP contribution is 2.34. The van der Waals surface area contributed by atoms with E-state index < -0.39 is 0 Å². The molecule has 0 amide bonds. The van der Waals surface area contributed by atoms with Gasteiger partial charge >= 0.3 is 0 Å². The number of nitrogens with zero attached hydrogens (tertiary/aromatic N) is 5. The summed E-state index contributed by atoms with van der Waals surface area (Å²) in [7, 11) is 0. The number of aromatic nitrogens is 5. The van der Waals surface area contributed by atoms with Crippen LogP contribution in [-0.4, -0.2) is 25.0 Å². The van der Waals surface area contributed by atoms with E-state index in [0.717, 1.165) is 34.9 Å². The normalized spacial score (nSPS) is 11.6. The van der Waals surface area contributed by atoms with Gasteiger partial charge in [-0.15, -0.1) is 10.2 Å². The number of aryl methyl sites for hydroxylation is 2. The van der Waals surface area contributed by atoms with Crippen molar-refractivity contribution in [1.29, 1.82) is 0 Å². The van der Waals surface area contributed by atoms with Gasteiger partial charge in [-0.25, -0.2) is 4.39 Å². The number of halogens is 1. The third-order valence-corrected chi connectivity index (χ3v) is 5.03. The van der Waals surface area contributed by atoms with Gasteiger partial charge in [-0.1, -0.05) is 42.8 Å². The Morgan fingerprint density at radius 3 is 2.52 bits per heavy atom. The molecule has 3 heterocycles. The number of hydrogen-bond donors (Lipinski definition) is 0. The molecule has 29 heavy (non-hydrogen) atoms. The van der Waals surface area contributed by atoms with Gasteiger partial charge in [-0.2, -0.15) is 9.61 Å². The van der Waals surface area contributed by atoms with Crippen LogP contribution in [0.4, 0.5) is 4.39 Å². The van der Waals surface area contributed by atoms with Crippen molar-refractivity contribution in [1.82, 2.24) is 25.0 Å². The maximum absolute atomic E-state index is 13.4. The Hall–Kier alpha value is -3.61. The lowest BCUT2D eigenvalue weighted by Crippen LogP contribution is -2.02. The van der Waals surface area contributed by atoms with Crippen LogP contribution >= 0.6 is 0 Å². The largest absolute Gasteiger partial charge is 0.360 e. The van der Waals surface area contributed by atoms with Crippen molar-refractivity contribution in [3.63, 3.8) is 0 Å². The molecule has 0 unspecified atom stereocenters. The van der Waals surface area contributed by atoms with Crippen LogP contribution < -0.4 is 0 Å². The lowest BCUT2D eigenvalue weighted by atomic mass is 10.1. The molecule has 0 saturated carbocycles. The molecule has 2 aromatic carbocycles. The minimum absolute atomic E-state index is 0.305. The molecule has 0 bridgehead atoms. The van der Waals surface area contributed by atoms with E-state index in [9.17, 15) is 4.39 Å². The van der Waals surface area contributed by atoms with Crippen LogP contribution in [0.1, 0.15) is 24.8 Å². The molecule has 6 nitrogen and oxygen atoms in total. The van der Waals surface area contributed by atoms with Crippen molar-refractivity contribution in [2.45, 2.75) is 26.7 Å². The number of hydrogen-bond acceptors (Lipinski definition) is 5. The highest BCUT2D eigenvalue weighted by molar-refractivity contribution is 5.95. The molecule has 0 aliphatic rings. The predicted octanol–water partition coefficient (Wildman–Crippen LogP) is 5.00. The van der Waals surface area contributed by atoms with E-state index in [0.29, 0.717) is 28.5 Å². The molecule has 144 valence electrons. The van der Waals surface area contributed by atoms with E-state index in [1.54, 1.807) is 16.6 Å². The maximum Gasteiger partial charge on any atom is 0.191 e. The van der Waals surface area contributed by atoms with Gasteiger partial charge in [0.05, 0.1) is 11.3 Å². The third-order valence-electron chi connectivity index (χ3n) is 5.03. The van der Waals surface area contributed by atoms with E-state index in [1.807, 2.05) is 25.1 Å². The average Bonchev–Trinajstić information content (AvgIpc) is 3.32. The lowest BCUT2D eigenvalue weighted by Gasteiger charge is -2.07. The Balaban J connectivity index is 1.79. The zero-order chi connectivity index (χ0) is 20.0. The summed E-state index contributed by atoms with van der Waals surface area (Å²) in [5.74, 6) is 0.854. The second-order valence-corrected chi connectivity index (χ2v) is 6.97. The summed E-state index contributed by atoms with van der Waals surface area (Å²) in [5, 5.41) is 20.0. The fraction of sp³-hybridized carbons (Fsp3) is 0.182. The second kappa shape index (κ2) is 6.77. The van der Waals surface area contributed by atoms with Crippen molar-refractivity contribution >= 4 is 16.4 Å². The molecule has 0 N–H and O–H groups in total. The van der Waals surface area contributed by atoms with Gasteiger partial charge in [0.15, 0.2) is 11.5 Å². The van der Waals surface area contributed by atoms with Crippen LogP contribution in [-0.2, 0) is 6.42 Å². The van der Waals surface area contributed by atoms with Crippen molar-refractivity contribution in [3.8, 4) is 22.6 Å². The van der Waals surface area contributed by atoms with Gasteiger partial charge in [0.2, 0.25) is 0 Å². The third kappa shape index (κ3) is 2.77. The topological polar surface area (TPSA) is 69.1 Å². The molecule has 0 spiro atoms. The van der Waals surface area contributed by atoms with E-state index in [4.69, 9.17) is 9.62 Å². The molecular formula is C22H18FN5O. The van der Waals surface area contributed by atoms with Gasteiger partial charge in [0, 0.05) is 16.3 Å². The molecule has 0 aliphatic heterocycles. The minimum Gasteiger partial charge on any atom is -0.360 e. The monoisotopic (exact) mass is 387 g/mol. The molecule has 0 saturated heterocycles. The van der Waals surface area contributed by atoms with Crippen molar-refractivity contribution in [3.05, 3.63) is 65.8 Å². The summed E-state index contributed by atoms with van der Waals surface area (Å²) in [6, 6.07) is 14.2. The average molecular weight is 387 g/mol. The molecule has 3 aromatic heterocycles. The molecule has 5 aromatic rings. The zero-order valence-electron chi connectivity index (χ0n) is 16.1. The lowest BCUT2D eigenvalue weighted by molar-refractivity contribution is 0.400. The van der Waals surface area contributed by atoms with Crippen molar-refractivity contribution in [2.75, 3.05) is 0 Å². The van der Waals surface area contributed by atoms with Crippen LogP contribution in [0.25, 0.3) is 39.1 Å². The van der Waals surface area contributed by atoms with Crippen LogP contribution in [0.5, 0.6) is 0 Å². The molecular weight excluding hydrogens is 369 g/mol. The van der Waals surface area contributed by atoms with Gasteiger partial charge in [0.25, 0.3) is 0 Å². The molecule has 7 heteroatoms. The molecule has 0 radical (unpaired) electrons. The van der Waals surface area contributed by atoms with E-state index in [-0.39, 0.29) is 5.82 Å². The van der Waals surface area contributed by atoms with Crippen molar-refractivity contribution < 1.29 is 8.91 Å². The first kappa shape index (κ1) is 17.5. The predicted molar refractivity (Wildman–Crippen MR) is 108 cm³/mol. The van der Waals surface area contributed by atoms with Crippen LogP contribution in [0.2, 0.25) is 0 Å². The fourth-order valence-corrected chi connectivity index (χ4v) is 3.66. The maximum atomic E-state index is 13.4. The Kier molecular flexibility index (Phi) is 4.08. The Morgan fingerprint density at radius 2 is 1.76 bits per heavy atom. The van der Waals surface area contributed by atoms with E-state index >= 15 is 0 Å². The molecule has 0 fully saturated rings. The molecule has 0 aliphatic carbocycles. The number of fused-ring (bicyclic) bond motifs is 3. The first-order valence-corrected chi connectivity index (χ1v) is 9.53. The standard InChI is InChI=1S/C22H18FN5O/c1-3-6-18-16-7-4-5-8-17(16)21-24-25-22(28(21)26-18)19-13(2)29-27-20(19)14-9-11-15(23)12-10-14/h4-5,7-12H,3,6H2,1-2H3. The van der Waals surface area contributed by atoms with Crippen LogP contribution in [0, 0.1) is 12.7 Å². The number of benzene rings is 2.